The number of benzene rings is 2. The molecule has 2 aromatic carbocycles. The van der Waals surface area contributed by atoms with Gasteiger partial charge in [-0.25, -0.2) is 0 Å². The van der Waals surface area contributed by atoms with Gasteiger partial charge in [0.25, 0.3) is 0 Å². The van der Waals surface area contributed by atoms with Crippen LogP contribution in [-0.4, -0.2) is 19.0 Å². The molecular formula is C10H8AsO2. The van der Waals surface area contributed by atoms with E-state index in [2.05, 4.69) is 0 Å². The topological polar surface area (TPSA) is 37.3 Å². The first-order valence-corrected chi connectivity index (χ1v) is 6.47. The fraction of sp³-hybridized carbons (Fsp3) is 0. The molecule has 0 heterocycles. The van der Waals surface area contributed by atoms with E-state index in [1.165, 1.54) is 0 Å². The van der Waals surface area contributed by atoms with Gasteiger partial charge in [-0.3, -0.25) is 0 Å². The molecule has 3 heteroatoms. The molecule has 0 saturated heterocycles. The zero-order chi connectivity index (χ0) is 9.26. The minimum atomic E-state index is -2.99. The van der Waals surface area contributed by atoms with Gasteiger partial charge in [-0.05, 0) is 0 Å². The molecule has 0 aliphatic heterocycles. The zero-order valence-electron chi connectivity index (χ0n) is 6.84. The Hall–Kier alpha value is -0.982. The first kappa shape index (κ1) is 8.61. The van der Waals surface area contributed by atoms with Crippen LogP contribution in [0.5, 0.6) is 0 Å². The van der Waals surface area contributed by atoms with Gasteiger partial charge in [-0.15, -0.1) is 0 Å². The molecule has 65 valence electrons. The van der Waals surface area contributed by atoms with Crippen molar-refractivity contribution in [2.45, 2.75) is 0 Å². The van der Waals surface area contributed by atoms with Gasteiger partial charge in [0.2, 0.25) is 0 Å². The van der Waals surface area contributed by atoms with Crippen LogP contribution in [0, 0.1) is 0 Å². The second-order valence-electron chi connectivity index (χ2n) is 2.77. The molecule has 1 atom stereocenters. The standard InChI is InChI=1S/C10H8AsO2/c12-11(13)10-7-3-5-8-4-1-2-6-9(8)10/h1-7H,(H,12,13). The van der Waals surface area contributed by atoms with Crippen molar-refractivity contribution in [3.63, 3.8) is 0 Å². The maximum atomic E-state index is 11.0. The summed E-state index contributed by atoms with van der Waals surface area (Å²) in [7, 11) is 0. The van der Waals surface area contributed by atoms with E-state index in [-0.39, 0.29) is 0 Å². The van der Waals surface area contributed by atoms with Crippen LogP contribution >= 0.6 is 0 Å². The molecule has 2 aromatic rings. The summed E-state index contributed by atoms with van der Waals surface area (Å²) in [6.45, 7) is 0. The Morgan fingerprint density at radius 1 is 1.00 bits per heavy atom. The number of fused-ring (bicyclic) bond motifs is 1. The number of hydrogen-bond donors (Lipinski definition) is 1. The van der Waals surface area contributed by atoms with Crippen molar-refractivity contribution in [2.24, 2.45) is 0 Å². The summed E-state index contributed by atoms with van der Waals surface area (Å²) < 4.78 is 20.7. The molecule has 0 bridgehead atoms. The van der Waals surface area contributed by atoms with Crippen LogP contribution in [0.2, 0.25) is 0 Å². The summed E-state index contributed by atoms with van der Waals surface area (Å²) >= 11 is -2.99. The molecule has 1 N–H and O–H groups in total. The monoisotopic (exact) mass is 235 g/mol. The molecule has 0 aliphatic carbocycles. The molecule has 0 spiro atoms. The fourth-order valence-corrected chi connectivity index (χ4v) is 2.68. The molecule has 0 aromatic heterocycles. The molecular weight excluding hydrogens is 227 g/mol. The summed E-state index contributed by atoms with van der Waals surface area (Å²) in [4.78, 5) is 0. The first-order chi connectivity index (χ1) is 6.29. The SMILES string of the molecule is O=[As](O)c1cccc2ccccc12. The summed E-state index contributed by atoms with van der Waals surface area (Å²) in [5, 5.41) is 1.91. The Labute approximate surface area is 80.7 Å². The minimum absolute atomic E-state index is 0.589. The molecule has 1 radical (unpaired) electrons. The third kappa shape index (κ3) is 1.55. The molecule has 0 amide bonds. The summed E-state index contributed by atoms with van der Waals surface area (Å²) in [5.74, 6) is 0. The molecule has 0 aliphatic rings. The van der Waals surface area contributed by atoms with Crippen molar-refractivity contribution in [3.8, 4) is 0 Å². The van der Waals surface area contributed by atoms with Crippen LogP contribution in [0.4, 0.5) is 0 Å². The van der Waals surface area contributed by atoms with E-state index in [0.717, 1.165) is 10.8 Å². The van der Waals surface area contributed by atoms with Gasteiger partial charge in [0, 0.05) is 0 Å². The van der Waals surface area contributed by atoms with Gasteiger partial charge < -0.3 is 0 Å². The van der Waals surface area contributed by atoms with E-state index in [0.29, 0.717) is 4.35 Å². The summed E-state index contributed by atoms with van der Waals surface area (Å²) in [6.07, 6.45) is 0. The van der Waals surface area contributed by atoms with Crippen LogP contribution in [-0.2, 0) is 3.74 Å². The van der Waals surface area contributed by atoms with E-state index in [4.69, 9.17) is 4.10 Å². The van der Waals surface area contributed by atoms with Crippen LogP contribution in [0.1, 0.15) is 0 Å². The molecule has 2 rings (SSSR count). The van der Waals surface area contributed by atoms with Crippen molar-refractivity contribution < 1.29 is 7.84 Å². The molecule has 13 heavy (non-hydrogen) atoms. The predicted molar refractivity (Wildman–Crippen MR) is 52.2 cm³/mol. The van der Waals surface area contributed by atoms with Gasteiger partial charge in [-0.1, -0.05) is 0 Å². The molecule has 2 nitrogen and oxygen atoms in total. The van der Waals surface area contributed by atoms with Crippen molar-refractivity contribution in [1.82, 2.24) is 0 Å². The van der Waals surface area contributed by atoms with E-state index >= 15 is 0 Å². The van der Waals surface area contributed by atoms with Crippen LogP contribution in [0.25, 0.3) is 10.8 Å². The maximum absolute atomic E-state index is 11.0. The van der Waals surface area contributed by atoms with E-state index in [1.807, 2.05) is 36.4 Å². The first-order valence-electron chi connectivity index (χ1n) is 3.93. The molecule has 0 fully saturated rings. The number of hydrogen-bond acceptors (Lipinski definition) is 1. The predicted octanol–water partition coefficient (Wildman–Crippen LogP) is 0.958. The van der Waals surface area contributed by atoms with Crippen molar-refractivity contribution >= 4 is 30.1 Å². The van der Waals surface area contributed by atoms with E-state index < -0.39 is 14.9 Å². The molecule has 1 unspecified atom stereocenters. The van der Waals surface area contributed by atoms with Gasteiger partial charge in [-0.2, -0.15) is 0 Å². The third-order valence-corrected chi connectivity index (χ3v) is 3.66. The third-order valence-electron chi connectivity index (χ3n) is 1.97. The van der Waals surface area contributed by atoms with Gasteiger partial charge in [0.05, 0.1) is 0 Å². The summed E-state index contributed by atoms with van der Waals surface area (Å²) in [6, 6.07) is 13.1. The van der Waals surface area contributed by atoms with Crippen molar-refractivity contribution in [1.29, 1.82) is 0 Å². The quantitative estimate of drug-likeness (QED) is 0.747. The second kappa shape index (κ2) is 3.41. The van der Waals surface area contributed by atoms with Crippen LogP contribution < -0.4 is 4.35 Å². The normalized spacial score (nSPS) is 11.6. The Balaban J connectivity index is 2.83. The second-order valence-corrected chi connectivity index (χ2v) is 4.93. The summed E-state index contributed by atoms with van der Waals surface area (Å²) in [5.41, 5.74) is 0. The van der Waals surface area contributed by atoms with Crippen LogP contribution in [0.3, 0.4) is 0 Å². The Bertz CT molecular complexity index is 460. The fourth-order valence-electron chi connectivity index (χ4n) is 1.38. The van der Waals surface area contributed by atoms with Crippen molar-refractivity contribution in [3.05, 3.63) is 42.5 Å². The average molecular weight is 235 g/mol. The van der Waals surface area contributed by atoms with Gasteiger partial charge >= 0.3 is 80.4 Å². The number of rotatable bonds is 1. The average Bonchev–Trinajstić information content (AvgIpc) is 2.17. The zero-order valence-corrected chi connectivity index (χ0v) is 8.72. The molecule has 0 saturated carbocycles. The van der Waals surface area contributed by atoms with Gasteiger partial charge in [0.15, 0.2) is 0 Å². The Kier molecular flexibility index (Phi) is 2.26. The Morgan fingerprint density at radius 3 is 2.46 bits per heavy atom. The van der Waals surface area contributed by atoms with Crippen LogP contribution in [0.15, 0.2) is 42.5 Å². The van der Waals surface area contributed by atoms with E-state index in [1.54, 1.807) is 6.07 Å². The Morgan fingerprint density at radius 2 is 1.69 bits per heavy atom. The van der Waals surface area contributed by atoms with E-state index in [9.17, 15) is 3.74 Å². The van der Waals surface area contributed by atoms with Crippen molar-refractivity contribution in [2.75, 3.05) is 0 Å². The van der Waals surface area contributed by atoms with Gasteiger partial charge in [0.1, 0.15) is 0 Å².